The lowest BCUT2D eigenvalue weighted by Crippen LogP contribution is -2.35. The molecule has 1 rings (SSSR count). The van der Waals surface area contributed by atoms with E-state index >= 15 is 0 Å². The fourth-order valence-corrected chi connectivity index (χ4v) is 6.34. The molecule has 0 spiro atoms. The van der Waals surface area contributed by atoms with Crippen LogP contribution >= 0.6 is 11.3 Å². The molecule has 1 unspecified atom stereocenters. The predicted molar refractivity (Wildman–Crippen MR) is 88.7 cm³/mol. The van der Waals surface area contributed by atoms with Gasteiger partial charge in [-0.25, -0.2) is 9.78 Å². The molecule has 21 heavy (non-hydrogen) atoms. The van der Waals surface area contributed by atoms with Gasteiger partial charge in [0.1, 0.15) is 11.4 Å². The molecule has 0 aliphatic carbocycles. The molecular weight excluding hydrogens is 304 g/mol. The average Bonchev–Trinajstić information content (AvgIpc) is 2.59. The minimum Gasteiger partial charge on any atom is -0.444 e. The van der Waals surface area contributed by atoms with Crippen LogP contribution in [0.1, 0.15) is 38.1 Å². The number of ether oxygens (including phenoxy) is 1. The Hall–Kier alpha value is -1.21. The van der Waals surface area contributed by atoms with Gasteiger partial charge in [-0.15, -0.1) is 11.3 Å². The van der Waals surface area contributed by atoms with Gasteiger partial charge in [0.05, 0.1) is 8.07 Å². The Kier molecular flexibility index (Phi) is 5.33. The van der Waals surface area contributed by atoms with E-state index in [-0.39, 0.29) is 11.3 Å². The van der Waals surface area contributed by atoms with Gasteiger partial charge in [-0.05, 0) is 27.7 Å². The smallest absolute Gasteiger partial charge is 0.413 e. The molecular formula is C14H24N2O3SSi. The summed E-state index contributed by atoms with van der Waals surface area (Å²) in [4.78, 5) is 28.7. The number of rotatable bonds is 4. The van der Waals surface area contributed by atoms with Gasteiger partial charge in [0.15, 0.2) is 5.13 Å². The minimum absolute atomic E-state index is 0.0933. The largest absolute Gasteiger partial charge is 0.444 e. The molecule has 118 valence electrons. The third-order valence-corrected chi connectivity index (χ3v) is 6.32. The van der Waals surface area contributed by atoms with Crippen LogP contribution in [0.4, 0.5) is 9.93 Å². The highest BCUT2D eigenvalue weighted by molar-refractivity contribution is 7.16. The second-order valence-electron chi connectivity index (χ2n) is 7.10. The van der Waals surface area contributed by atoms with Gasteiger partial charge < -0.3 is 4.74 Å². The molecule has 0 saturated carbocycles. The standard InChI is InChI=1S/C14H24N2O3SSi/c1-9(17)11(21(5,6)7)10-8-15-12(20-10)16-13(18)19-14(2,3)4/h8,11H,1-7H3,(H,15,16,18). The number of nitrogens with zero attached hydrogens (tertiary/aromatic N) is 1. The van der Waals surface area contributed by atoms with Crippen LogP contribution in [0.5, 0.6) is 0 Å². The highest BCUT2D eigenvalue weighted by Gasteiger charge is 2.33. The van der Waals surface area contributed by atoms with Crippen LogP contribution in [0.25, 0.3) is 0 Å². The first kappa shape index (κ1) is 17.8. The normalized spacial score (nSPS) is 13.7. The Bertz CT molecular complexity index is 529. The maximum atomic E-state index is 11.9. The number of nitrogens with one attached hydrogen (secondary N) is 1. The SMILES string of the molecule is CC(=O)C(c1cnc(NC(=O)OC(C)(C)C)s1)[Si](C)(C)C. The van der Waals surface area contributed by atoms with Crippen molar-refractivity contribution in [3.63, 3.8) is 0 Å². The number of thiazole rings is 1. The maximum absolute atomic E-state index is 11.9. The molecule has 1 aromatic rings. The molecule has 0 saturated heterocycles. The Labute approximate surface area is 131 Å². The topological polar surface area (TPSA) is 68.3 Å². The fraction of sp³-hybridized carbons (Fsp3) is 0.643. The van der Waals surface area contributed by atoms with Crippen LogP contribution in [0, 0.1) is 0 Å². The van der Waals surface area contributed by atoms with E-state index in [9.17, 15) is 9.59 Å². The predicted octanol–water partition coefficient (Wildman–Crippen LogP) is 4.04. The summed E-state index contributed by atoms with van der Waals surface area (Å²) in [5.41, 5.74) is -0.645. The number of anilines is 1. The first-order valence-corrected chi connectivity index (χ1v) is 11.3. The van der Waals surface area contributed by atoms with Crippen molar-refractivity contribution >= 4 is 36.4 Å². The molecule has 7 heteroatoms. The van der Waals surface area contributed by atoms with Crippen molar-refractivity contribution in [1.29, 1.82) is 0 Å². The molecule has 0 radical (unpaired) electrons. The zero-order valence-electron chi connectivity index (χ0n) is 13.7. The van der Waals surface area contributed by atoms with Gasteiger partial charge in [-0.3, -0.25) is 10.1 Å². The Morgan fingerprint density at radius 1 is 1.33 bits per heavy atom. The number of Topliss-reactive ketones (excluding diaryl/α,β-unsaturated/α-hetero) is 1. The highest BCUT2D eigenvalue weighted by atomic mass is 32.1. The zero-order chi connectivity index (χ0) is 16.4. The van der Waals surface area contributed by atoms with Crippen molar-refractivity contribution in [3.05, 3.63) is 11.1 Å². The monoisotopic (exact) mass is 328 g/mol. The minimum atomic E-state index is -1.68. The summed E-state index contributed by atoms with van der Waals surface area (Å²) < 4.78 is 5.18. The summed E-state index contributed by atoms with van der Waals surface area (Å²) in [7, 11) is -1.68. The first-order valence-electron chi connectivity index (χ1n) is 6.86. The van der Waals surface area contributed by atoms with E-state index in [1.807, 2.05) is 0 Å². The van der Waals surface area contributed by atoms with E-state index in [1.54, 1.807) is 33.9 Å². The summed E-state index contributed by atoms with van der Waals surface area (Å²) in [5, 5.41) is 3.08. The van der Waals surface area contributed by atoms with Crippen molar-refractivity contribution in [2.75, 3.05) is 5.32 Å². The van der Waals surface area contributed by atoms with Gasteiger partial charge in [-0.2, -0.15) is 0 Å². The van der Waals surface area contributed by atoms with E-state index in [0.29, 0.717) is 5.13 Å². The Morgan fingerprint density at radius 3 is 2.33 bits per heavy atom. The van der Waals surface area contributed by atoms with Crippen LogP contribution in [0.3, 0.4) is 0 Å². The Morgan fingerprint density at radius 2 is 1.90 bits per heavy atom. The second kappa shape index (κ2) is 6.27. The van der Waals surface area contributed by atoms with Crippen molar-refractivity contribution in [2.45, 2.75) is 58.5 Å². The number of amides is 1. The molecule has 5 nitrogen and oxygen atoms in total. The summed E-state index contributed by atoms with van der Waals surface area (Å²) >= 11 is 1.34. The quantitative estimate of drug-likeness (QED) is 0.847. The average molecular weight is 329 g/mol. The van der Waals surface area contributed by atoms with Crippen LogP contribution in [0.15, 0.2) is 6.20 Å². The zero-order valence-corrected chi connectivity index (χ0v) is 15.6. The lowest BCUT2D eigenvalue weighted by atomic mass is 10.2. The summed E-state index contributed by atoms with van der Waals surface area (Å²) in [6.07, 6.45) is 1.15. The van der Waals surface area contributed by atoms with Gasteiger partial charge in [-0.1, -0.05) is 19.6 Å². The van der Waals surface area contributed by atoms with E-state index in [1.165, 1.54) is 11.3 Å². The van der Waals surface area contributed by atoms with Crippen LogP contribution < -0.4 is 5.32 Å². The molecule has 1 aromatic heterocycles. The molecule has 1 heterocycles. The third-order valence-electron chi connectivity index (χ3n) is 2.69. The van der Waals surface area contributed by atoms with Crippen LogP contribution in [0.2, 0.25) is 19.6 Å². The molecule has 1 amide bonds. The van der Waals surface area contributed by atoms with Gasteiger partial charge in [0.2, 0.25) is 0 Å². The van der Waals surface area contributed by atoms with Gasteiger partial charge in [0.25, 0.3) is 0 Å². The summed E-state index contributed by atoms with van der Waals surface area (Å²) in [5.74, 6) is 0.154. The molecule has 0 aromatic carbocycles. The number of carbonyl (C=O) groups is 2. The van der Waals surface area contributed by atoms with Crippen molar-refractivity contribution in [2.24, 2.45) is 0 Å². The number of hydrogen-bond acceptors (Lipinski definition) is 5. The maximum Gasteiger partial charge on any atom is 0.413 e. The Balaban J connectivity index is 2.86. The van der Waals surface area contributed by atoms with Gasteiger partial charge in [0, 0.05) is 16.6 Å². The van der Waals surface area contributed by atoms with Crippen molar-refractivity contribution in [1.82, 2.24) is 4.98 Å². The molecule has 0 fully saturated rings. The fourth-order valence-electron chi connectivity index (χ4n) is 2.11. The lowest BCUT2D eigenvalue weighted by molar-refractivity contribution is -0.116. The van der Waals surface area contributed by atoms with E-state index in [0.717, 1.165) is 4.88 Å². The molecule has 0 aliphatic heterocycles. The molecule has 0 aliphatic rings. The van der Waals surface area contributed by atoms with Crippen molar-refractivity contribution in [3.8, 4) is 0 Å². The van der Waals surface area contributed by atoms with E-state index in [2.05, 4.69) is 29.9 Å². The van der Waals surface area contributed by atoms with E-state index in [4.69, 9.17) is 4.74 Å². The van der Waals surface area contributed by atoms with E-state index < -0.39 is 19.8 Å². The third kappa shape index (κ3) is 5.59. The number of hydrogen-bond donors (Lipinski definition) is 1. The van der Waals surface area contributed by atoms with Crippen LogP contribution in [-0.4, -0.2) is 30.5 Å². The molecule has 1 N–H and O–H groups in total. The molecule has 0 bridgehead atoms. The number of ketones is 1. The summed E-state index contributed by atoms with van der Waals surface area (Å²) in [6.45, 7) is 13.5. The number of aromatic nitrogens is 1. The van der Waals surface area contributed by atoms with Crippen molar-refractivity contribution < 1.29 is 14.3 Å². The lowest BCUT2D eigenvalue weighted by Gasteiger charge is -2.25. The van der Waals surface area contributed by atoms with Crippen LogP contribution in [-0.2, 0) is 9.53 Å². The first-order chi connectivity index (χ1) is 9.40. The van der Waals surface area contributed by atoms with Gasteiger partial charge >= 0.3 is 6.09 Å². The summed E-state index contributed by atoms with van der Waals surface area (Å²) in [6, 6.07) is 0. The highest BCUT2D eigenvalue weighted by Crippen LogP contribution is 2.33. The molecule has 1 atom stereocenters. The second-order valence-corrected chi connectivity index (χ2v) is 13.5. The number of carbonyl (C=O) groups excluding carboxylic acids is 2.